The highest BCUT2D eigenvalue weighted by atomic mass is 16.4. The number of aliphatic hydroxyl groups is 1. The van der Waals surface area contributed by atoms with Crippen LogP contribution in [0.5, 0.6) is 0 Å². The van der Waals surface area contributed by atoms with Crippen LogP contribution < -0.4 is 0 Å². The Bertz CT molecular complexity index is 415. The van der Waals surface area contributed by atoms with Crippen molar-refractivity contribution in [3.8, 4) is 0 Å². The van der Waals surface area contributed by atoms with Gasteiger partial charge >= 0.3 is 6.03 Å². The molecule has 5 nitrogen and oxygen atoms in total. The molecule has 2 heterocycles. The first-order valence-corrected chi connectivity index (χ1v) is 7.44. The summed E-state index contributed by atoms with van der Waals surface area (Å²) in [5.74, 6) is 0.576. The first-order valence-electron chi connectivity index (χ1n) is 7.44. The minimum atomic E-state index is -0.639. The van der Waals surface area contributed by atoms with Gasteiger partial charge in [-0.25, -0.2) is 4.79 Å². The molecule has 1 aliphatic heterocycles. The molecule has 2 atom stereocenters. The zero-order valence-electron chi connectivity index (χ0n) is 12.3. The highest BCUT2D eigenvalue weighted by molar-refractivity contribution is 5.75. The fourth-order valence-electron chi connectivity index (χ4n) is 2.86. The second kappa shape index (κ2) is 6.79. The Labute approximate surface area is 120 Å². The van der Waals surface area contributed by atoms with Crippen molar-refractivity contribution in [3.63, 3.8) is 0 Å². The van der Waals surface area contributed by atoms with E-state index in [9.17, 15) is 9.90 Å². The Morgan fingerprint density at radius 3 is 2.90 bits per heavy atom. The molecule has 1 aromatic heterocycles. The summed E-state index contributed by atoms with van der Waals surface area (Å²) in [5.41, 5.74) is 0. The van der Waals surface area contributed by atoms with Crippen LogP contribution in [0, 0.1) is 0 Å². The lowest BCUT2D eigenvalue weighted by Crippen LogP contribution is -2.45. The Balaban J connectivity index is 1.98. The number of carbonyl (C=O) groups is 1. The van der Waals surface area contributed by atoms with Gasteiger partial charge in [-0.2, -0.15) is 0 Å². The van der Waals surface area contributed by atoms with E-state index in [1.807, 2.05) is 23.6 Å². The molecular weight excluding hydrogens is 256 g/mol. The number of hydrogen-bond donors (Lipinski definition) is 1. The van der Waals surface area contributed by atoms with Crippen molar-refractivity contribution in [2.45, 2.75) is 45.3 Å². The maximum Gasteiger partial charge on any atom is 0.320 e. The van der Waals surface area contributed by atoms with Gasteiger partial charge in [0.2, 0.25) is 0 Å². The molecule has 0 spiro atoms. The summed E-state index contributed by atoms with van der Waals surface area (Å²) in [6, 6.07) is 3.73. The molecular formula is C15H24N2O3. The summed E-state index contributed by atoms with van der Waals surface area (Å²) in [6.45, 7) is 6.21. The average molecular weight is 280 g/mol. The molecule has 0 aliphatic carbocycles. The van der Waals surface area contributed by atoms with Crippen molar-refractivity contribution >= 4 is 6.03 Å². The largest absolute Gasteiger partial charge is 0.467 e. The lowest BCUT2D eigenvalue weighted by molar-refractivity contribution is 0.0988. The van der Waals surface area contributed by atoms with Crippen LogP contribution >= 0.6 is 0 Å². The van der Waals surface area contributed by atoms with Crippen molar-refractivity contribution in [2.24, 2.45) is 0 Å². The maximum absolute atomic E-state index is 12.4. The van der Waals surface area contributed by atoms with Crippen LogP contribution in [0.4, 0.5) is 4.79 Å². The molecule has 1 aliphatic rings. The van der Waals surface area contributed by atoms with E-state index in [0.717, 1.165) is 32.5 Å². The van der Waals surface area contributed by atoms with Gasteiger partial charge in [-0.1, -0.05) is 0 Å². The van der Waals surface area contributed by atoms with Crippen LogP contribution in [-0.2, 0) is 0 Å². The SMILES string of the molecule is CCN(CC)C(=O)N1CCC[C@@H]1C[C@@H](O)c1ccco1. The predicted molar refractivity (Wildman–Crippen MR) is 76.3 cm³/mol. The van der Waals surface area contributed by atoms with Crippen molar-refractivity contribution in [1.82, 2.24) is 9.80 Å². The Kier molecular flexibility index (Phi) is 5.06. The number of urea groups is 1. The van der Waals surface area contributed by atoms with Gasteiger partial charge in [0.25, 0.3) is 0 Å². The van der Waals surface area contributed by atoms with Gasteiger partial charge in [-0.3, -0.25) is 0 Å². The van der Waals surface area contributed by atoms with Gasteiger partial charge in [-0.15, -0.1) is 0 Å². The smallest absolute Gasteiger partial charge is 0.320 e. The van der Waals surface area contributed by atoms with E-state index in [1.54, 1.807) is 18.4 Å². The average Bonchev–Trinajstić information content (AvgIpc) is 3.11. The lowest BCUT2D eigenvalue weighted by atomic mass is 10.1. The summed E-state index contributed by atoms with van der Waals surface area (Å²) in [6.07, 6.45) is 3.42. The third-order valence-corrected chi connectivity index (χ3v) is 4.02. The minimum absolute atomic E-state index is 0.0872. The quantitative estimate of drug-likeness (QED) is 0.902. The monoisotopic (exact) mass is 280 g/mol. The van der Waals surface area contributed by atoms with E-state index < -0.39 is 6.10 Å². The number of hydrogen-bond acceptors (Lipinski definition) is 3. The van der Waals surface area contributed by atoms with Gasteiger partial charge < -0.3 is 19.3 Å². The van der Waals surface area contributed by atoms with E-state index in [1.165, 1.54) is 0 Å². The van der Waals surface area contributed by atoms with Crippen molar-refractivity contribution in [2.75, 3.05) is 19.6 Å². The maximum atomic E-state index is 12.4. The number of amides is 2. The molecule has 2 amide bonds. The molecule has 2 rings (SSSR count). The van der Waals surface area contributed by atoms with Crippen LogP contribution in [-0.4, -0.2) is 46.6 Å². The van der Waals surface area contributed by atoms with Crippen LogP contribution in [0.2, 0.25) is 0 Å². The summed E-state index contributed by atoms with van der Waals surface area (Å²) < 4.78 is 5.23. The Hall–Kier alpha value is -1.49. The van der Waals surface area contributed by atoms with Crippen LogP contribution in [0.25, 0.3) is 0 Å². The van der Waals surface area contributed by atoms with Crippen molar-refractivity contribution in [3.05, 3.63) is 24.2 Å². The second-order valence-electron chi connectivity index (χ2n) is 5.21. The predicted octanol–water partition coefficient (Wildman–Crippen LogP) is 2.63. The van der Waals surface area contributed by atoms with E-state index in [4.69, 9.17) is 4.42 Å². The molecule has 1 saturated heterocycles. The Morgan fingerprint density at radius 2 is 2.30 bits per heavy atom. The molecule has 0 radical (unpaired) electrons. The molecule has 0 saturated carbocycles. The fraction of sp³-hybridized carbons (Fsp3) is 0.667. The lowest BCUT2D eigenvalue weighted by Gasteiger charge is -2.31. The third kappa shape index (κ3) is 3.15. The molecule has 1 aromatic rings. The molecule has 20 heavy (non-hydrogen) atoms. The zero-order chi connectivity index (χ0) is 14.5. The Morgan fingerprint density at radius 1 is 1.55 bits per heavy atom. The summed E-state index contributed by atoms with van der Waals surface area (Å²) in [7, 11) is 0. The number of rotatable bonds is 5. The summed E-state index contributed by atoms with van der Waals surface area (Å²) in [4.78, 5) is 16.2. The molecule has 0 bridgehead atoms. The topological polar surface area (TPSA) is 56.9 Å². The molecule has 1 N–H and O–H groups in total. The van der Waals surface area contributed by atoms with E-state index in [0.29, 0.717) is 12.2 Å². The van der Waals surface area contributed by atoms with Crippen LogP contribution in [0.1, 0.15) is 45.0 Å². The van der Waals surface area contributed by atoms with Crippen LogP contribution in [0.15, 0.2) is 22.8 Å². The van der Waals surface area contributed by atoms with Crippen LogP contribution in [0.3, 0.4) is 0 Å². The number of aliphatic hydroxyl groups excluding tert-OH is 1. The molecule has 0 aromatic carbocycles. The summed E-state index contributed by atoms with van der Waals surface area (Å²) >= 11 is 0. The number of nitrogens with zero attached hydrogens (tertiary/aromatic N) is 2. The number of furan rings is 1. The first-order chi connectivity index (χ1) is 9.67. The minimum Gasteiger partial charge on any atom is -0.467 e. The summed E-state index contributed by atoms with van der Waals surface area (Å²) in [5, 5.41) is 10.2. The molecule has 5 heteroatoms. The van der Waals surface area contributed by atoms with Gasteiger partial charge in [0, 0.05) is 32.1 Å². The molecule has 0 unspecified atom stereocenters. The molecule has 1 fully saturated rings. The third-order valence-electron chi connectivity index (χ3n) is 4.02. The fourth-order valence-corrected chi connectivity index (χ4v) is 2.86. The first kappa shape index (κ1) is 14.9. The van der Waals surface area contributed by atoms with Crippen molar-refractivity contribution < 1.29 is 14.3 Å². The number of likely N-dealkylation sites (tertiary alicyclic amines) is 1. The number of carbonyl (C=O) groups excluding carboxylic acids is 1. The normalized spacial score (nSPS) is 20.1. The van der Waals surface area contributed by atoms with Gasteiger partial charge in [0.1, 0.15) is 11.9 Å². The highest BCUT2D eigenvalue weighted by Crippen LogP contribution is 2.28. The standard InChI is InChI=1S/C15H24N2O3/c1-3-16(4-2)15(19)17-9-5-7-12(17)11-13(18)14-8-6-10-20-14/h6,8,10,12-13,18H,3-5,7,9,11H2,1-2H3/t12-,13-/m1/s1. The van der Waals surface area contributed by atoms with Crippen molar-refractivity contribution in [1.29, 1.82) is 0 Å². The van der Waals surface area contributed by atoms with Gasteiger partial charge in [0.15, 0.2) is 0 Å². The van der Waals surface area contributed by atoms with E-state index in [-0.39, 0.29) is 12.1 Å². The van der Waals surface area contributed by atoms with Gasteiger partial charge in [0.05, 0.1) is 6.26 Å². The second-order valence-corrected chi connectivity index (χ2v) is 5.21. The van der Waals surface area contributed by atoms with E-state index in [2.05, 4.69) is 0 Å². The molecule has 112 valence electrons. The zero-order valence-corrected chi connectivity index (χ0v) is 12.3. The van der Waals surface area contributed by atoms with Gasteiger partial charge in [-0.05, 0) is 38.8 Å². The van der Waals surface area contributed by atoms with E-state index >= 15 is 0 Å². The highest BCUT2D eigenvalue weighted by Gasteiger charge is 2.32.